The molecule has 0 aliphatic rings. The van der Waals surface area contributed by atoms with Crippen molar-refractivity contribution in [3.63, 3.8) is 0 Å². The summed E-state index contributed by atoms with van der Waals surface area (Å²) >= 11 is 3.41. The standard InChI is InChI=1S/C12H17BrN2O2/c1-7(2)6-9(12(16)17)15-11-10(13)8(3)4-5-14-11/h4-5,7,9H,6H2,1-3H3,(H,14,15)(H,16,17). The van der Waals surface area contributed by atoms with Crippen molar-refractivity contribution in [1.82, 2.24) is 4.98 Å². The van der Waals surface area contributed by atoms with Gasteiger partial charge in [0.2, 0.25) is 0 Å². The second-order valence-corrected chi connectivity index (χ2v) is 5.25. The smallest absolute Gasteiger partial charge is 0.326 e. The SMILES string of the molecule is Cc1ccnc(NC(CC(C)C)C(=O)O)c1Br. The number of halogens is 1. The molecule has 1 atom stereocenters. The van der Waals surface area contributed by atoms with Gasteiger partial charge in [0, 0.05) is 6.20 Å². The summed E-state index contributed by atoms with van der Waals surface area (Å²) in [4.78, 5) is 15.3. The lowest BCUT2D eigenvalue weighted by molar-refractivity contribution is -0.138. The Morgan fingerprint density at radius 3 is 2.76 bits per heavy atom. The van der Waals surface area contributed by atoms with Gasteiger partial charge < -0.3 is 10.4 Å². The van der Waals surface area contributed by atoms with Crippen LogP contribution in [0.25, 0.3) is 0 Å². The van der Waals surface area contributed by atoms with E-state index in [2.05, 4.69) is 26.2 Å². The van der Waals surface area contributed by atoms with Gasteiger partial charge in [-0.15, -0.1) is 0 Å². The molecule has 0 saturated heterocycles. The number of hydrogen-bond acceptors (Lipinski definition) is 3. The quantitative estimate of drug-likeness (QED) is 0.877. The lowest BCUT2D eigenvalue weighted by Crippen LogP contribution is -2.31. The van der Waals surface area contributed by atoms with Crippen molar-refractivity contribution in [3.8, 4) is 0 Å². The van der Waals surface area contributed by atoms with Gasteiger partial charge in [0.05, 0.1) is 4.47 Å². The second-order valence-electron chi connectivity index (χ2n) is 4.46. The number of pyridine rings is 1. The molecular formula is C12H17BrN2O2. The monoisotopic (exact) mass is 300 g/mol. The molecule has 17 heavy (non-hydrogen) atoms. The summed E-state index contributed by atoms with van der Waals surface area (Å²) in [6.45, 7) is 5.93. The van der Waals surface area contributed by atoms with Crippen LogP contribution in [0.15, 0.2) is 16.7 Å². The molecule has 0 aliphatic heterocycles. The summed E-state index contributed by atoms with van der Waals surface area (Å²) < 4.78 is 0.815. The maximum absolute atomic E-state index is 11.1. The Morgan fingerprint density at radius 1 is 1.59 bits per heavy atom. The molecule has 0 radical (unpaired) electrons. The third kappa shape index (κ3) is 4.00. The minimum Gasteiger partial charge on any atom is -0.480 e. The third-order valence-electron chi connectivity index (χ3n) is 2.40. The predicted molar refractivity (Wildman–Crippen MR) is 71.2 cm³/mol. The van der Waals surface area contributed by atoms with Crippen molar-refractivity contribution in [2.75, 3.05) is 5.32 Å². The van der Waals surface area contributed by atoms with Crippen LogP contribution in [0.3, 0.4) is 0 Å². The van der Waals surface area contributed by atoms with E-state index in [1.807, 2.05) is 26.8 Å². The lowest BCUT2D eigenvalue weighted by atomic mass is 10.0. The zero-order chi connectivity index (χ0) is 13.0. The Morgan fingerprint density at radius 2 is 2.24 bits per heavy atom. The van der Waals surface area contributed by atoms with Crippen molar-refractivity contribution in [1.29, 1.82) is 0 Å². The van der Waals surface area contributed by atoms with E-state index < -0.39 is 12.0 Å². The molecule has 1 aromatic heterocycles. The van der Waals surface area contributed by atoms with Gasteiger partial charge in [-0.2, -0.15) is 0 Å². The molecular weight excluding hydrogens is 284 g/mol. The summed E-state index contributed by atoms with van der Waals surface area (Å²) in [5.74, 6) is 0.0409. The van der Waals surface area contributed by atoms with Gasteiger partial charge in [0.15, 0.2) is 0 Å². The first-order chi connectivity index (χ1) is 7.91. The number of aromatic nitrogens is 1. The largest absolute Gasteiger partial charge is 0.480 e. The molecule has 0 fully saturated rings. The van der Waals surface area contributed by atoms with Crippen molar-refractivity contribution in [2.24, 2.45) is 5.92 Å². The molecule has 1 unspecified atom stereocenters. The molecule has 2 N–H and O–H groups in total. The minimum absolute atomic E-state index is 0.312. The number of carboxylic acids is 1. The van der Waals surface area contributed by atoms with Crippen LogP contribution >= 0.6 is 15.9 Å². The number of aliphatic carboxylic acids is 1. The topological polar surface area (TPSA) is 62.2 Å². The van der Waals surface area contributed by atoms with Gasteiger partial charge in [0.25, 0.3) is 0 Å². The first-order valence-electron chi connectivity index (χ1n) is 5.52. The molecule has 0 saturated carbocycles. The molecule has 5 heteroatoms. The molecule has 94 valence electrons. The van der Waals surface area contributed by atoms with E-state index in [1.165, 1.54) is 0 Å². The Balaban J connectivity index is 2.86. The predicted octanol–water partition coefficient (Wildman–Crippen LogP) is 3.06. The fourth-order valence-electron chi connectivity index (χ4n) is 1.50. The molecule has 0 amide bonds. The average molecular weight is 301 g/mol. The Bertz CT molecular complexity index is 407. The molecule has 1 rings (SSSR count). The molecule has 0 spiro atoms. The number of nitrogens with one attached hydrogen (secondary N) is 1. The highest BCUT2D eigenvalue weighted by Crippen LogP contribution is 2.24. The van der Waals surface area contributed by atoms with Gasteiger partial charge in [-0.1, -0.05) is 13.8 Å². The fraction of sp³-hybridized carbons (Fsp3) is 0.500. The van der Waals surface area contributed by atoms with Crippen molar-refractivity contribution in [3.05, 3.63) is 22.3 Å². The Hall–Kier alpha value is -1.10. The van der Waals surface area contributed by atoms with E-state index in [0.29, 0.717) is 18.2 Å². The zero-order valence-corrected chi connectivity index (χ0v) is 11.8. The maximum Gasteiger partial charge on any atom is 0.326 e. The number of aryl methyl sites for hydroxylation is 1. The molecule has 0 bridgehead atoms. The number of hydrogen-bond donors (Lipinski definition) is 2. The van der Waals surface area contributed by atoms with Gasteiger partial charge in [0.1, 0.15) is 11.9 Å². The van der Waals surface area contributed by atoms with Crippen molar-refractivity contribution >= 4 is 27.7 Å². The van der Waals surface area contributed by atoms with Crippen LogP contribution in [0.4, 0.5) is 5.82 Å². The van der Waals surface area contributed by atoms with Gasteiger partial charge in [-0.3, -0.25) is 0 Å². The van der Waals surface area contributed by atoms with Gasteiger partial charge >= 0.3 is 5.97 Å². The number of rotatable bonds is 5. The third-order valence-corrected chi connectivity index (χ3v) is 3.40. The van der Waals surface area contributed by atoms with Crippen LogP contribution in [0, 0.1) is 12.8 Å². The summed E-state index contributed by atoms with van der Waals surface area (Å²) in [7, 11) is 0. The molecule has 0 aromatic carbocycles. The van der Waals surface area contributed by atoms with Crippen LogP contribution in [-0.2, 0) is 4.79 Å². The molecule has 1 heterocycles. The summed E-state index contributed by atoms with van der Waals surface area (Å²) in [6.07, 6.45) is 2.23. The van der Waals surface area contributed by atoms with Gasteiger partial charge in [-0.05, 0) is 46.8 Å². The van der Waals surface area contributed by atoms with E-state index in [0.717, 1.165) is 10.0 Å². The number of carbonyl (C=O) groups is 1. The number of carboxylic acid groups (broad SMARTS) is 1. The first-order valence-corrected chi connectivity index (χ1v) is 6.31. The number of anilines is 1. The van der Waals surface area contributed by atoms with Crippen molar-refractivity contribution in [2.45, 2.75) is 33.2 Å². The molecule has 1 aromatic rings. The highest BCUT2D eigenvalue weighted by atomic mass is 79.9. The fourth-order valence-corrected chi connectivity index (χ4v) is 1.85. The normalized spacial score (nSPS) is 12.5. The van der Waals surface area contributed by atoms with Crippen molar-refractivity contribution < 1.29 is 9.90 Å². The van der Waals surface area contributed by atoms with Gasteiger partial charge in [-0.25, -0.2) is 9.78 Å². The van der Waals surface area contributed by atoms with E-state index in [-0.39, 0.29) is 0 Å². The summed E-state index contributed by atoms with van der Waals surface area (Å²) in [5.41, 5.74) is 1.02. The Labute approximate surface area is 110 Å². The average Bonchev–Trinajstić information content (AvgIpc) is 2.22. The van der Waals surface area contributed by atoms with Crippen LogP contribution in [-0.4, -0.2) is 22.1 Å². The highest BCUT2D eigenvalue weighted by molar-refractivity contribution is 9.10. The minimum atomic E-state index is -0.853. The van der Waals surface area contributed by atoms with E-state index in [9.17, 15) is 4.79 Å². The summed E-state index contributed by atoms with van der Waals surface area (Å²) in [5, 5.41) is 12.1. The molecule has 0 aliphatic carbocycles. The van der Waals surface area contributed by atoms with E-state index >= 15 is 0 Å². The molecule has 4 nitrogen and oxygen atoms in total. The van der Waals surface area contributed by atoms with E-state index in [1.54, 1.807) is 6.20 Å². The first kappa shape index (κ1) is 14.0. The van der Waals surface area contributed by atoms with Crippen LogP contribution in [0.2, 0.25) is 0 Å². The van der Waals surface area contributed by atoms with Crippen LogP contribution in [0.5, 0.6) is 0 Å². The van der Waals surface area contributed by atoms with Crippen LogP contribution < -0.4 is 5.32 Å². The zero-order valence-electron chi connectivity index (χ0n) is 10.2. The second kappa shape index (κ2) is 6.00. The van der Waals surface area contributed by atoms with Crippen LogP contribution in [0.1, 0.15) is 25.8 Å². The lowest BCUT2D eigenvalue weighted by Gasteiger charge is -2.18. The highest BCUT2D eigenvalue weighted by Gasteiger charge is 2.20. The Kier molecular flexibility index (Phi) is 4.93. The maximum atomic E-state index is 11.1. The number of nitrogens with zero attached hydrogens (tertiary/aromatic N) is 1. The van der Waals surface area contributed by atoms with E-state index in [4.69, 9.17) is 5.11 Å². The summed E-state index contributed by atoms with van der Waals surface area (Å²) in [6, 6.07) is 1.26.